The van der Waals surface area contributed by atoms with Crippen molar-refractivity contribution in [1.82, 2.24) is 35.0 Å². The fourth-order valence-electron chi connectivity index (χ4n) is 5.18. The quantitative estimate of drug-likeness (QED) is 0.117. The van der Waals surface area contributed by atoms with Crippen molar-refractivity contribution in [3.8, 4) is 33.9 Å². The zero-order valence-corrected chi connectivity index (χ0v) is 25.2. The number of nitrogens with zero attached hydrogens (tertiary/aromatic N) is 5. The van der Waals surface area contributed by atoms with E-state index in [2.05, 4.69) is 49.2 Å². The Balaban J connectivity index is 1.33. The van der Waals surface area contributed by atoms with E-state index in [1.165, 1.54) is 12.1 Å². The summed E-state index contributed by atoms with van der Waals surface area (Å²) in [7, 11) is 4.01. The van der Waals surface area contributed by atoms with Gasteiger partial charge >= 0.3 is 0 Å². The van der Waals surface area contributed by atoms with Crippen LogP contribution in [0.1, 0.15) is 26.2 Å². The molecule has 0 saturated carbocycles. The SMILES string of the molecule is C=C(CCCC)Nc1cncc(-c2ccc3[nH]nc(-c4nc5c(-c6cc(F)cc(NCCN(C)C)c6)cccc5[nH]4)c3n2)c1. The number of unbranched alkanes of at least 4 members (excludes halogenated alkanes) is 1. The molecular weight excluding hydrogens is 553 g/mol. The number of likely N-dealkylation sites (N-methyl/N-ethyl adjacent to an activating group) is 1. The number of anilines is 2. The molecule has 0 amide bonds. The number of hydrogen-bond acceptors (Lipinski definition) is 7. The molecule has 2 aromatic carbocycles. The molecule has 6 aromatic rings. The molecule has 224 valence electrons. The van der Waals surface area contributed by atoms with Gasteiger partial charge in [0.1, 0.15) is 11.3 Å². The van der Waals surface area contributed by atoms with Crippen LogP contribution in [-0.2, 0) is 0 Å². The molecule has 10 heteroatoms. The third kappa shape index (κ3) is 6.30. The number of pyridine rings is 2. The molecule has 9 nitrogen and oxygen atoms in total. The molecule has 0 aliphatic rings. The van der Waals surface area contributed by atoms with Crippen LogP contribution in [0.15, 0.2) is 79.3 Å². The van der Waals surface area contributed by atoms with Gasteiger partial charge in [0, 0.05) is 41.8 Å². The highest BCUT2D eigenvalue weighted by Crippen LogP contribution is 2.33. The number of nitrogens with one attached hydrogen (secondary N) is 4. The van der Waals surface area contributed by atoms with E-state index in [4.69, 9.17) is 9.97 Å². The summed E-state index contributed by atoms with van der Waals surface area (Å²) >= 11 is 0. The highest BCUT2D eigenvalue weighted by molar-refractivity contribution is 5.96. The Kier molecular flexibility index (Phi) is 8.33. The first-order chi connectivity index (χ1) is 21.4. The topological polar surface area (TPSA) is 110 Å². The maximum absolute atomic E-state index is 14.7. The van der Waals surface area contributed by atoms with E-state index in [1.807, 2.05) is 56.6 Å². The third-order valence-electron chi connectivity index (χ3n) is 7.43. The van der Waals surface area contributed by atoms with Crippen molar-refractivity contribution in [1.29, 1.82) is 0 Å². The number of imidazole rings is 1. The van der Waals surface area contributed by atoms with E-state index in [-0.39, 0.29) is 5.82 Å². The Morgan fingerprint density at radius 2 is 1.82 bits per heavy atom. The average molecular weight is 590 g/mol. The van der Waals surface area contributed by atoms with Crippen LogP contribution in [0, 0.1) is 5.82 Å². The largest absolute Gasteiger partial charge is 0.384 e. The molecule has 0 unspecified atom stereocenters. The Hall–Kier alpha value is -5.09. The summed E-state index contributed by atoms with van der Waals surface area (Å²) in [6.07, 6.45) is 6.70. The highest BCUT2D eigenvalue weighted by Gasteiger charge is 2.17. The zero-order valence-electron chi connectivity index (χ0n) is 25.2. The van der Waals surface area contributed by atoms with Crippen LogP contribution in [0.25, 0.3) is 56.0 Å². The smallest absolute Gasteiger partial charge is 0.161 e. The van der Waals surface area contributed by atoms with Gasteiger partial charge in [0.15, 0.2) is 11.5 Å². The van der Waals surface area contributed by atoms with E-state index in [9.17, 15) is 4.39 Å². The summed E-state index contributed by atoms with van der Waals surface area (Å²) in [5.41, 5.74) is 9.39. The van der Waals surface area contributed by atoms with Gasteiger partial charge in [-0.1, -0.05) is 32.1 Å². The number of aromatic nitrogens is 6. The number of rotatable bonds is 12. The van der Waals surface area contributed by atoms with Crippen LogP contribution in [-0.4, -0.2) is 62.2 Å². The second-order valence-electron chi connectivity index (χ2n) is 11.2. The Labute approximate surface area is 255 Å². The predicted octanol–water partition coefficient (Wildman–Crippen LogP) is 7.46. The van der Waals surface area contributed by atoms with E-state index in [1.54, 1.807) is 12.4 Å². The minimum Gasteiger partial charge on any atom is -0.384 e. The zero-order chi connectivity index (χ0) is 30.6. The van der Waals surface area contributed by atoms with Crippen LogP contribution in [0.3, 0.4) is 0 Å². The van der Waals surface area contributed by atoms with E-state index in [0.29, 0.717) is 23.6 Å². The lowest BCUT2D eigenvalue weighted by Gasteiger charge is -2.13. The predicted molar refractivity (Wildman–Crippen MR) is 177 cm³/mol. The van der Waals surface area contributed by atoms with E-state index >= 15 is 0 Å². The number of allylic oxidation sites excluding steroid dienone is 1. The fourth-order valence-corrected chi connectivity index (χ4v) is 5.18. The van der Waals surface area contributed by atoms with Crippen molar-refractivity contribution in [2.45, 2.75) is 26.2 Å². The lowest BCUT2D eigenvalue weighted by Crippen LogP contribution is -2.20. The van der Waals surface area contributed by atoms with Gasteiger partial charge in [-0.3, -0.25) is 10.1 Å². The van der Waals surface area contributed by atoms with Crippen molar-refractivity contribution < 1.29 is 4.39 Å². The molecule has 4 heterocycles. The van der Waals surface area contributed by atoms with Gasteiger partial charge < -0.3 is 20.5 Å². The number of halogens is 1. The third-order valence-corrected chi connectivity index (χ3v) is 7.43. The molecule has 6 rings (SSSR count). The first kappa shape index (κ1) is 29.0. The summed E-state index contributed by atoms with van der Waals surface area (Å²) in [6, 6.07) is 16.8. The standard InChI is InChI=1S/C34H36FN9/c1-5-6-8-21(2)38-26-17-23(19-36-20-26)28-11-12-30-32(39-28)33(43-42-30)34-40-29-10-7-9-27(31(29)41-34)22-15-24(35)18-25(16-22)37-13-14-44(3)4/h7,9-12,15-20,37-38H,2,5-6,8,13-14H2,1,3-4H3,(H,40,41)(H,42,43). The Morgan fingerprint density at radius 3 is 2.66 bits per heavy atom. The van der Waals surface area contributed by atoms with E-state index in [0.717, 1.165) is 81.8 Å². The molecule has 0 atom stereocenters. The van der Waals surface area contributed by atoms with Gasteiger partial charge in [0.05, 0.1) is 34.1 Å². The molecule has 0 aliphatic heterocycles. The molecule has 0 saturated heterocycles. The van der Waals surface area contributed by atoms with Crippen LogP contribution >= 0.6 is 0 Å². The summed E-state index contributed by atoms with van der Waals surface area (Å²) < 4.78 is 14.7. The van der Waals surface area contributed by atoms with Crippen LogP contribution in [0.2, 0.25) is 0 Å². The minimum atomic E-state index is -0.309. The average Bonchev–Trinajstić information content (AvgIpc) is 3.63. The summed E-state index contributed by atoms with van der Waals surface area (Å²) in [6.45, 7) is 7.85. The number of para-hydroxylation sites is 1. The van der Waals surface area contributed by atoms with Crippen molar-refractivity contribution in [2.24, 2.45) is 0 Å². The molecule has 4 N–H and O–H groups in total. The molecule has 0 aliphatic carbocycles. The Bertz CT molecular complexity index is 1940. The summed E-state index contributed by atoms with van der Waals surface area (Å²) in [5, 5.41) is 14.3. The van der Waals surface area contributed by atoms with Crippen molar-refractivity contribution in [3.63, 3.8) is 0 Å². The lowest BCUT2D eigenvalue weighted by molar-refractivity contribution is 0.425. The number of aromatic amines is 2. The highest BCUT2D eigenvalue weighted by atomic mass is 19.1. The van der Waals surface area contributed by atoms with Crippen molar-refractivity contribution in [2.75, 3.05) is 37.8 Å². The summed E-state index contributed by atoms with van der Waals surface area (Å²) in [5.74, 6) is 0.265. The molecule has 0 fully saturated rings. The monoisotopic (exact) mass is 589 g/mol. The first-order valence-corrected chi connectivity index (χ1v) is 14.8. The van der Waals surface area contributed by atoms with Crippen LogP contribution in [0.4, 0.5) is 15.8 Å². The van der Waals surface area contributed by atoms with Crippen molar-refractivity contribution >= 4 is 33.4 Å². The van der Waals surface area contributed by atoms with Gasteiger partial charge in [-0.15, -0.1) is 0 Å². The maximum Gasteiger partial charge on any atom is 0.161 e. The van der Waals surface area contributed by atoms with Crippen LogP contribution < -0.4 is 10.6 Å². The van der Waals surface area contributed by atoms with Gasteiger partial charge in [-0.25, -0.2) is 14.4 Å². The van der Waals surface area contributed by atoms with Gasteiger partial charge in [0.25, 0.3) is 0 Å². The minimum absolute atomic E-state index is 0.309. The number of fused-ring (bicyclic) bond motifs is 2. The fraction of sp³-hybridized carbons (Fsp3) is 0.235. The van der Waals surface area contributed by atoms with Crippen molar-refractivity contribution in [3.05, 3.63) is 85.1 Å². The molecular formula is C34H36FN9. The van der Waals surface area contributed by atoms with Gasteiger partial charge in [0.2, 0.25) is 0 Å². The van der Waals surface area contributed by atoms with Crippen LogP contribution in [0.5, 0.6) is 0 Å². The normalized spacial score (nSPS) is 11.5. The molecule has 4 aromatic heterocycles. The van der Waals surface area contributed by atoms with E-state index < -0.39 is 0 Å². The second kappa shape index (κ2) is 12.6. The molecule has 0 bridgehead atoms. The molecule has 0 spiro atoms. The lowest BCUT2D eigenvalue weighted by atomic mass is 10.0. The first-order valence-electron chi connectivity index (χ1n) is 14.8. The molecule has 0 radical (unpaired) electrons. The van der Waals surface area contributed by atoms with Gasteiger partial charge in [-0.2, -0.15) is 5.10 Å². The second-order valence-corrected chi connectivity index (χ2v) is 11.2. The Morgan fingerprint density at radius 1 is 0.955 bits per heavy atom. The number of benzene rings is 2. The molecule has 44 heavy (non-hydrogen) atoms. The maximum atomic E-state index is 14.7. The summed E-state index contributed by atoms with van der Waals surface area (Å²) in [4.78, 5) is 19.8. The number of H-pyrrole nitrogens is 2. The van der Waals surface area contributed by atoms with Gasteiger partial charge in [-0.05, 0) is 75.0 Å². The number of hydrogen-bond donors (Lipinski definition) is 4.